The van der Waals surface area contributed by atoms with Crippen molar-refractivity contribution in [2.75, 3.05) is 23.3 Å². The number of benzene rings is 1. The first-order valence-electron chi connectivity index (χ1n) is 7.64. The van der Waals surface area contributed by atoms with Crippen molar-refractivity contribution in [1.82, 2.24) is 9.78 Å². The van der Waals surface area contributed by atoms with E-state index >= 15 is 0 Å². The van der Waals surface area contributed by atoms with Gasteiger partial charge in [0.05, 0.1) is 35.2 Å². The van der Waals surface area contributed by atoms with Gasteiger partial charge in [0.25, 0.3) is 10.0 Å². The second-order valence-corrected chi connectivity index (χ2v) is 9.86. The topological polar surface area (TPSA) is 107 Å². The first-order chi connectivity index (χ1) is 11.7. The zero-order valence-electron chi connectivity index (χ0n) is 13.8. The second-order valence-electron chi connectivity index (χ2n) is 5.95. The lowest BCUT2D eigenvalue weighted by molar-refractivity contribution is 0.414. The Balaban J connectivity index is 1.89. The van der Waals surface area contributed by atoms with Crippen molar-refractivity contribution >= 4 is 25.7 Å². The Labute approximate surface area is 146 Å². The van der Waals surface area contributed by atoms with Crippen LogP contribution < -0.4 is 9.46 Å². The summed E-state index contributed by atoms with van der Waals surface area (Å²) in [6, 6.07) is 7.21. The molecular formula is C15H19N3O5S2. The number of aryl methyl sites for hydroxylation is 1. The molecule has 3 rings (SSSR count). The molecule has 10 heteroatoms. The molecule has 0 amide bonds. The fraction of sp³-hybridized carbons (Fsp3) is 0.400. The third-order valence-corrected chi connectivity index (χ3v) is 7.14. The summed E-state index contributed by atoms with van der Waals surface area (Å²) in [4.78, 5) is 0.0812. The average Bonchev–Trinajstić information content (AvgIpc) is 3.08. The van der Waals surface area contributed by atoms with Crippen LogP contribution in [0.5, 0.6) is 5.75 Å². The van der Waals surface area contributed by atoms with Gasteiger partial charge in [0.1, 0.15) is 11.6 Å². The van der Waals surface area contributed by atoms with Crippen LogP contribution in [-0.4, -0.2) is 45.2 Å². The molecule has 8 nitrogen and oxygen atoms in total. The van der Waals surface area contributed by atoms with Crippen molar-refractivity contribution in [3.8, 4) is 5.75 Å². The molecule has 2 aromatic rings. The van der Waals surface area contributed by atoms with Crippen molar-refractivity contribution in [3.63, 3.8) is 0 Å². The molecule has 0 bridgehead atoms. The molecule has 1 unspecified atom stereocenters. The van der Waals surface area contributed by atoms with Crippen LogP contribution in [-0.2, 0) is 19.9 Å². The molecule has 1 aromatic heterocycles. The molecule has 0 spiro atoms. The van der Waals surface area contributed by atoms with Gasteiger partial charge in [0.15, 0.2) is 9.84 Å². The number of rotatable bonds is 5. The Morgan fingerprint density at radius 2 is 1.96 bits per heavy atom. The number of nitrogens with zero attached hydrogens (tertiary/aromatic N) is 2. The fourth-order valence-electron chi connectivity index (χ4n) is 2.79. The van der Waals surface area contributed by atoms with Gasteiger partial charge in [-0.2, -0.15) is 5.10 Å². The number of hydrogen-bond acceptors (Lipinski definition) is 6. The summed E-state index contributed by atoms with van der Waals surface area (Å²) in [6.07, 6.45) is 0.417. The molecule has 2 heterocycles. The van der Waals surface area contributed by atoms with Crippen molar-refractivity contribution in [3.05, 3.63) is 36.0 Å². The minimum absolute atomic E-state index is 0.0363. The van der Waals surface area contributed by atoms with E-state index < -0.39 is 19.9 Å². The van der Waals surface area contributed by atoms with Crippen LogP contribution in [0.1, 0.15) is 18.2 Å². The summed E-state index contributed by atoms with van der Waals surface area (Å²) in [5.41, 5.74) is 0.608. The molecule has 0 aliphatic carbocycles. The van der Waals surface area contributed by atoms with Gasteiger partial charge < -0.3 is 4.74 Å². The van der Waals surface area contributed by atoms with E-state index in [9.17, 15) is 16.8 Å². The summed E-state index contributed by atoms with van der Waals surface area (Å²) >= 11 is 0. The average molecular weight is 385 g/mol. The maximum Gasteiger partial charge on any atom is 0.263 e. The lowest BCUT2D eigenvalue weighted by atomic mass is 10.3. The third kappa shape index (κ3) is 3.79. The standard InChI is InChI=1S/C15H19N3O5S2/c1-11-9-15(18(16-11)12-7-8-24(19,20)10-12)17-25(21,22)14-5-3-13(23-2)4-6-14/h3-6,9,12,17H,7-8,10H2,1-2H3. The van der Waals surface area contributed by atoms with E-state index in [1.54, 1.807) is 25.1 Å². The number of anilines is 1. The van der Waals surface area contributed by atoms with Gasteiger partial charge in [-0.3, -0.25) is 4.72 Å². The van der Waals surface area contributed by atoms with Crippen molar-refractivity contribution in [1.29, 1.82) is 0 Å². The van der Waals surface area contributed by atoms with E-state index in [2.05, 4.69) is 9.82 Å². The van der Waals surface area contributed by atoms with Gasteiger partial charge in [-0.05, 0) is 37.6 Å². The first-order valence-corrected chi connectivity index (χ1v) is 10.9. The first kappa shape index (κ1) is 17.7. The molecule has 1 aliphatic heterocycles. The highest BCUT2D eigenvalue weighted by atomic mass is 32.2. The number of sulfone groups is 1. The van der Waals surface area contributed by atoms with E-state index in [0.29, 0.717) is 17.9 Å². The lowest BCUT2D eigenvalue weighted by Crippen LogP contribution is -2.20. The number of hydrogen-bond donors (Lipinski definition) is 1. The van der Waals surface area contributed by atoms with E-state index in [0.717, 1.165) is 0 Å². The molecule has 136 valence electrons. The molecule has 1 saturated heterocycles. The number of aromatic nitrogens is 2. The van der Waals surface area contributed by atoms with Crippen molar-refractivity contribution in [2.45, 2.75) is 24.3 Å². The highest BCUT2D eigenvalue weighted by Gasteiger charge is 2.32. The van der Waals surface area contributed by atoms with Gasteiger partial charge in [-0.15, -0.1) is 0 Å². The van der Waals surface area contributed by atoms with E-state index in [-0.39, 0.29) is 28.3 Å². The van der Waals surface area contributed by atoms with Crippen LogP contribution in [0, 0.1) is 6.92 Å². The highest BCUT2D eigenvalue weighted by Crippen LogP contribution is 2.28. The minimum atomic E-state index is -3.82. The van der Waals surface area contributed by atoms with E-state index in [1.165, 1.54) is 23.9 Å². The van der Waals surface area contributed by atoms with Gasteiger partial charge >= 0.3 is 0 Å². The van der Waals surface area contributed by atoms with Crippen LogP contribution >= 0.6 is 0 Å². The molecule has 0 saturated carbocycles. The monoisotopic (exact) mass is 385 g/mol. The summed E-state index contributed by atoms with van der Waals surface area (Å²) in [6.45, 7) is 1.73. The zero-order chi connectivity index (χ0) is 18.2. The molecule has 25 heavy (non-hydrogen) atoms. The second kappa shape index (κ2) is 6.34. The Morgan fingerprint density at radius 3 is 2.52 bits per heavy atom. The number of sulfonamides is 1. The van der Waals surface area contributed by atoms with Gasteiger partial charge in [0, 0.05) is 6.07 Å². The third-order valence-electron chi connectivity index (χ3n) is 4.02. The van der Waals surface area contributed by atoms with Gasteiger partial charge in [0.2, 0.25) is 0 Å². The normalized spacial score (nSPS) is 19.7. The highest BCUT2D eigenvalue weighted by molar-refractivity contribution is 7.92. The number of ether oxygens (including phenoxy) is 1. The number of nitrogens with one attached hydrogen (secondary N) is 1. The Bertz CT molecular complexity index is 979. The zero-order valence-corrected chi connectivity index (χ0v) is 15.5. The van der Waals surface area contributed by atoms with Crippen LogP contribution in [0.15, 0.2) is 35.2 Å². The maximum absolute atomic E-state index is 12.6. The van der Waals surface area contributed by atoms with Crippen LogP contribution in [0.4, 0.5) is 5.82 Å². The van der Waals surface area contributed by atoms with E-state index in [1.807, 2.05) is 0 Å². The molecular weight excluding hydrogens is 366 g/mol. The van der Waals surface area contributed by atoms with Crippen LogP contribution in [0.3, 0.4) is 0 Å². The SMILES string of the molecule is COc1ccc(S(=O)(=O)Nc2cc(C)nn2C2CCS(=O)(=O)C2)cc1. The summed E-state index contributed by atoms with van der Waals surface area (Å²) < 4.78 is 57.6. The Hall–Kier alpha value is -2.07. The fourth-order valence-corrected chi connectivity index (χ4v) is 5.52. The lowest BCUT2D eigenvalue weighted by Gasteiger charge is -2.14. The molecule has 1 atom stereocenters. The molecule has 1 aromatic carbocycles. The molecule has 1 N–H and O–H groups in total. The summed E-state index contributed by atoms with van der Waals surface area (Å²) in [7, 11) is -5.43. The summed E-state index contributed by atoms with van der Waals surface area (Å²) in [5.74, 6) is 0.860. The Morgan fingerprint density at radius 1 is 1.28 bits per heavy atom. The number of methoxy groups -OCH3 is 1. The Kier molecular flexibility index (Phi) is 4.50. The molecule has 1 aliphatic rings. The predicted molar refractivity (Wildman–Crippen MR) is 93.1 cm³/mol. The minimum Gasteiger partial charge on any atom is -0.497 e. The van der Waals surface area contributed by atoms with Crippen LogP contribution in [0.2, 0.25) is 0 Å². The largest absolute Gasteiger partial charge is 0.497 e. The van der Waals surface area contributed by atoms with Gasteiger partial charge in [-0.1, -0.05) is 0 Å². The summed E-state index contributed by atoms with van der Waals surface area (Å²) in [5, 5.41) is 4.27. The van der Waals surface area contributed by atoms with Crippen molar-refractivity contribution < 1.29 is 21.6 Å². The van der Waals surface area contributed by atoms with E-state index in [4.69, 9.17) is 4.74 Å². The smallest absolute Gasteiger partial charge is 0.263 e. The van der Waals surface area contributed by atoms with Crippen LogP contribution in [0.25, 0.3) is 0 Å². The molecule has 1 fully saturated rings. The maximum atomic E-state index is 12.6. The quantitative estimate of drug-likeness (QED) is 0.833. The predicted octanol–water partition coefficient (Wildman–Crippen LogP) is 1.36. The van der Waals surface area contributed by atoms with Crippen molar-refractivity contribution in [2.24, 2.45) is 0 Å². The molecule has 0 radical (unpaired) electrons. The van der Waals surface area contributed by atoms with Gasteiger partial charge in [-0.25, -0.2) is 21.5 Å².